The van der Waals surface area contributed by atoms with Gasteiger partial charge in [-0.15, -0.1) is 0 Å². The van der Waals surface area contributed by atoms with Crippen molar-refractivity contribution < 1.29 is 0 Å². The lowest BCUT2D eigenvalue weighted by Crippen LogP contribution is -2.30. The Morgan fingerprint density at radius 3 is 2.83 bits per heavy atom. The number of hydrazine groups is 1. The molecule has 1 atom stereocenters. The van der Waals surface area contributed by atoms with E-state index in [1.807, 2.05) is 19.2 Å². The van der Waals surface area contributed by atoms with Gasteiger partial charge in [-0.3, -0.25) is 16.0 Å². The lowest BCUT2D eigenvalue weighted by molar-refractivity contribution is 0.553. The van der Waals surface area contributed by atoms with Gasteiger partial charge < -0.3 is 5.73 Å². The number of halogens is 1. The van der Waals surface area contributed by atoms with Crippen molar-refractivity contribution in [2.45, 2.75) is 12.5 Å². The summed E-state index contributed by atoms with van der Waals surface area (Å²) < 4.78 is 2.69. The Morgan fingerprint density at radius 2 is 2.28 bits per heavy atom. The zero-order chi connectivity index (χ0) is 13.1. The Bertz CT molecular complexity index is 537. The van der Waals surface area contributed by atoms with Crippen molar-refractivity contribution in [1.29, 1.82) is 0 Å². The van der Waals surface area contributed by atoms with Crippen LogP contribution in [-0.4, -0.2) is 9.78 Å². The van der Waals surface area contributed by atoms with Gasteiger partial charge in [-0.2, -0.15) is 5.10 Å². The molecule has 1 unspecified atom stereocenters. The summed E-state index contributed by atoms with van der Waals surface area (Å²) in [6.07, 6.45) is 2.50. The van der Waals surface area contributed by atoms with E-state index in [1.165, 1.54) is 5.56 Å². The quantitative estimate of drug-likeness (QED) is 0.590. The molecule has 5 nitrogen and oxygen atoms in total. The number of rotatable bonds is 4. The molecule has 0 amide bonds. The summed E-state index contributed by atoms with van der Waals surface area (Å²) in [6, 6.07) is 8.07. The van der Waals surface area contributed by atoms with Crippen LogP contribution in [0, 0.1) is 0 Å². The molecule has 96 valence electrons. The molecule has 1 heterocycles. The molecule has 5 N–H and O–H groups in total. The number of benzene rings is 1. The van der Waals surface area contributed by atoms with Crippen LogP contribution in [0.25, 0.3) is 0 Å². The molecule has 0 saturated heterocycles. The zero-order valence-electron chi connectivity index (χ0n) is 10.1. The fourth-order valence-corrected chi connectivity index (χ4v) is 2.34. The van der Waals surface area contributed by atoms with Crippen molar-refractivity contribution in [3.8, 4) is 0 Å². The summed E-state index contributed by atoms with van der Waals surface area (Å²) in [5, 5.41) is 4.13. The Morgan fingerprint density at radius 1 is 1.50 bits per heavy atom. The van der Waals surface area contributed by atoms with Crippen LogP contribution in [0.1, 0.15) is 17.2 Å². The van der Waals surface area contributed by atoms with Gasteiger partial charge in [0.2, 0.25) is 0 Å². The first kappa shape index (κ1) is 13.1. The summed E-state index contributed by atoms with van der Waals surface area (Å²) in [6.45, 7) is 0. The summed E-state index contributed by atoms with van der Waals surface area (Å²) in [4.78, 5) is 0. The van der Waals surface area contributed by atoms with E-state index < -0.39 is 0 Å². The topological polar surface area (TPSA) is 81.9 Å². The Balaban J connectivity index is 2.22. The second-order valence-electron chi connectivity index (χ2n) is 4.16. The van der Waals surface area contributed by atoms with Crippen LogP contribution in [0.5, 0.6) is 0 Å². The molecule has 0 spiro atoms. The van der Waals surface area contributed by atoms with E-state index in [1.54, 1.807) is 10.9 Å². The molecule has 0 radical (unpaired) electrons. The van der Waals surface area contributed by atoms with Crippen LogP contribution in [0.4, 0.5) is 5.82 Å². The molecule has 0 aliphatic heterocycles. The van der Waals surface area contributed by atoms with Crippen molar-refractivity contribution in [1.82, 2.24) is 15.2 Å². The number of aromatic nitrogens is 2. The van der Waals surface area contributed by atoms with Gasteiger partial charge in [0.1, 0.15) is 5.82 Å². The fourth-order valence-electron chi connectivity index (χ4n) is 1.89. The highest BCUT2D eigenvalue weighted by atomic mass is 79.9. The number of hydrogen-bond donors (Lipinski definition) is 3. The molecule has 0 saturated carbocycles. The monoisotopic (exact) mass is 309 g/mol. The van der Waals surface area contributed by atoms with Crippen LogP contribution < -0.4 is 17.0 Å². The molecular weight excluding hydrogens is 294 g/mol. The Hall–Kier alpha value is -1.37. The molecule has 6 heteroatoms. The van der Waals surface area contributed by atoms with E-state index in [0.717, 1.165) is 16.5 Å². The van der Waals surface area contributed by atoms with E-state index in [-0.39, 0.29) is 6.04 Å². The first-order valence-electron chi connectivity index (χ1n) is 5.59. The highest BCUT2D eigenvalue weighted by Crippen LogP contribution is 2.23. The van der Waals surface area contributed by atoms with Gasteiger partial charge >= 0.3 is 0 Å². The molecule has 1 aromatic carbocycles. The number of nitrogens with one attached hydrogen (secondary N) is 1. The smallest absolute Gasteiger partial charge is 0.126 e. The number of nitrogen functional groups attached to an aromatic ring is 1. The minimum Gasteiger partial charge on any atom is -0.384 e. The van der Waals surface area contributed by atoms with Crippen molar-refractivity contribution in [3.05, 3.63) is 46.1 Å². The van der Waals surface area contributed by atoms with E-state index >= 15 is 0 Å². The van der Waals surface area contributed by atoms with Crippen LogP contribution in [0.3, 0.4) is 0 Å². The third-order valence-corrected chi connectivity index (χ3v) is 3.41. The van der Waals surface area contributed by atoms with Gasteiger partial charge in [0, 0.05) is 17.1 Å². The SMILES string of the molecule is Cn1ncc(C(Cc2cccc(Br)c2)NN)c1N. The molecule has 0 aliphatic carbocycles. The predicted molar refractivity (Wildman–Crippen MR) is 75.5 cm³/mol. The van der Waals surface area contributed by atoms with Crippen LogP contribution in [0.2, 0.25) is 0 Å². The maximum absolute atomic E-state index is 5.96. The van der Waals surface area contributed by atoms with Crippen molar-refractivity contribution in [2.75, 3.05) is 5.73 Å². The van der Waals surface area contributed by atoms with E-state index in [2.05, 4.69) is 38.6 Å². The lowest BCUT2D eigenvalue weighted by Gasteiger charge is -2.15. The average Bonchev–Trinajstić information content (AvgIpc) is 2.67. The molecule has 2 rings (SSSR count). The highest BCUT2D eigenvalue weighted by molar-refractivity contribution is 9.10. The summed E-state index contributed by atoms with van der Waals surface area (Å²) in [5.41, 5.74) is 10.8. The van der Waals surface area contributed by atoms with Crippen LogP contribution in [-0.2, 0) is 13.5 Å². The molecule has 2 aromatic rings. The zero-order valence-corrected chi connectivity index (χ0v) is 11.7. The second kappa shape index (κ2) is 5.51. The number of anilines is 1. The first-order chi connectivity index (χ1) is 8.61. The van der Waals surface area contributed by atoms with Crippen LogP contribution >= 0.6 is 15.9 Å². The maximum atomic E-state index is 5.96. The molecule has 1 aromatic heterocycles. The molecule has 0 bridgehead atoms. The maximum Gasteiger partial charge on any atom is 0.126 e. The highest BCUT2D eigenvalue weighted by Gasteiger charge is 2.16. The largest absolute Gasteiger partial charge is 0.384 e. The van der Waals surface area contributed by atoms with E-state index in [0.29, 0.717) is 5.82 Å². The van der Waals surface area contributed by atoms with Gasteiger partial charge in [-0.05, 0) is 24.1 Å². The minimum atomic E-state index is -0.0481. The van der Waals surface area contributed by atoms with Gasteiger partial charge in [0.25, 0.3) is 0 Å². The predicted octanol–water partition coefficient (Wildman–Crippen LogP) is 1.51. The van der Waals surface area contributed by atoms with E-state index in [9.17, 15) is 0 Å². The Labute approximate surface area is 114 Å². The van der Waals surface area contributed by atoms with E-state index in [4.69, 9.17) is 11.6 Å². The first-order valence-corrected chi connectivity index (χ1v) is 6.39. The molecule has 18 heavy (non-hydrogen) atoms. The van der Waals surface area contributed by atoms with Gasteiger partial charge in [0.15, 0.2) is 0 Å². The van der Waals surface area contributed by atoms with Gasteiger partial charge in [-0.25, -0.2) is 0 Å². The standard InChI is InChI=1S/C12H16BrN5/c1-18-12(14)10(7-16-18)11(17-15)6-8-3-2-4-9(13)5-8/h2-5,7,11,17H,6,14-15H2,1H3. The normalized spacial score (nSPS) is 12.6. The third-order valence-electron chi connectivity index (χ3n) is 2.92. The third kappa shape index (κ3) is 2.72. The number of aryl methyl sites for hydroxylation is 1. The van der Waals surface area contributed by atoms with Crippen molar-refractivity contribution >= 4 is 21.7 Å². The summed E-state index contributed by atoms with van der Waals surface area (Å²) in [5.74, 6) is 6.25. The fraction of sp³-hybridized carbons (Fsp3) is 0.250. The minimum absolute atomic E-state index is 0.0481. The van der Waals surface area contributed by atoms with Gasteiger partial charge in [-0.1, -0.05) is 28.1 Å². The average molecular weight is 310 g/mol. The summed E-state index contributed by atoms with van der Waals surface area (Å²) in [7, 11) is 1.81. The number of nitrogens with zero attached hydrogens (tertiary/aromatic N) is 2. The van der Waals surface area contributed by atoms with Crippen LogP contribution in [0.15, 0.2) is 34.9 Å². The van der Waals surface area contributed by atoms with Crippen molar-refractivity contribution in [2.24, 2.45) is 12.9 Å². The van der Waals surface area contributed by atoms with Gasteiger partial charge in [0.05, 0.1) is 12.2 Å². The Kier molecular flexibility index (Phi) is 4.00. The number of hydrogen-bond acceptors (Lipinski definition) is 4. The number of nitrogens with two attached hydrogens (primary N) is 2. The molecule has 0 aliphatic rings. The lowest BCUT2D eigenvalue weighted by atomic mass is 10.0. The second-order valence-corrected chi connectivity index (χ2v) is 5.08. The summed E-state index contributed by atoms with van der Waals surface area (Å²) >= 11 is 3.46. The molecule has 0 fully saturated rings. The molecular formula is C12H16BrN5. The van der Waals surface area contributed by atoms with Crippen molar-refractivity contribution in [3.63, 3.8) is 0 Å².